The molecule has 0 N–H and O–H groups in total. The van der Waals surface area contributed by atoms with Gasteiger partial charge in [0.2, 0.25) is 0 Å². The number of nitrogens with zero attached hydrogens (tertiary/aromatic N) is 1. The second-order valence-electron chi connectivity index (χ2n) is 3.31. The summed E-state index contributed by atoms with van der Waals surface area (Å²) >= 11 is 3.37. The molecule has 1 aromatic heterocycles. The van der Waals surface area contributed by atoms with Crippen molar-refractivity contribution in [3.05, 3.63) is 42.5 Å². The maximum atomic E-state index is 4.52. The number of thioether (sulfide) groups is 2. The Morgan fingerprint density at radius 1 is 0.812 bits per heavy atom. The summed E-state index contributed by atoms with van der Waals surface area (Å²) in [5.41, 5.74) is 2.49. The molecule has 0 fully saturated rings. The van der Waals surface area contributed by atoms with E-state index >= 15 is 0 Å². The van der Waals surface area contributed by atoms with Crippen molar-refractivity contribution in [2.45, 2.75) is 10.1 Å². The Bertz CT molecular complexity index is 446. The van der Waals surface area contributed by atoms with E-state index < -0.39 is 0 Å². The maximum absolute atomic E-state index is 4.52. The van der Waals surface area contributed by atoms with Crippen molar-refractivity contribution in [3.63, 3.8) is 0 Å². The zero-order valence-electron chi connectivity index (χ0n) is 9.31. The minimum atomic E-state index is 1.07. The van der Waals surface area contributed by atoms with Crippen LogP contribution in [-0.4, -0.2) is 17.5 Å². The second-order valence-corrected chi connectivity index (χ2v) is 4.96. The molecule has 0 aliphatic carbocycles. The van der Waals surface area contributed by atoms with Crippen LogP contribution in [0, 0.1) is 0 Å². The molecule has 0 aliphatic rings. The van der Waals surface area contributed by atoms with Crippen molar-refractivity contribution in [3.8, 4) is 11.1 Å². The minimum absolute atomic E-state index is 1.07. The molecule has 1 heterocycles. The SMILES string of the molecule is CSc1cc(-c2ccccc2)cc(SC)n1. The smallest absolute Gasteiger partial charge is 0.0977 e. The van der Waals surface area contributed by atoms with Crippen LogP contribution < -0.4 is 0 Å². The summed E-state index contributed by atoms with van der Waals surface area (Å²) < 4.78 is 0. The van der Waals surface area contributed by atoms with Gasteiger partial charge in [0.05, 0.1) is 10.1 Å². The number of hydrogen-bond acceptors (Lipinski definition) is 3. The van der Waals surface area contributed by atoms with Gasteiger partial charge in [-0.05, 0) is 35.8 Å². The third-order valence-electron chi connectivity index (χ3n) is 2.30. The summed E-state index contributed by atoms with van der Waals surface area (Å²) in [5.74, 6) is 0. The third-order valence-corrected chi connectivity index (χ3v) is 3.56. The van der Waals surface area contributed by atoms with Crippen molar-refractivity contribution >= 4 is 23.5 Å². The van der Waals surface area contributed by atoms with Gasteiger partial charge >= 0.3 is 0 Å². The fraction of sp³-hybridized carbons (Fsp3) is 0.154. The third kappa shape index (κ3) is 2.60. The molecular weight excluding hydrogens is 234 g/mol. The lowest BCUT2D eigenvalue weighted by Crippen LogP contribution is -1.86. The Morgan fingerprint density at radius 2 is 1.38 bits per heavy atom. The Labute approximate surface area is 105 Å². The van der Waals surface area contributed by atoms with Crippen LogP contribution in [0.5, 0.6) is 0 Å². The molecule has 16 heavy (non-hydrogen) atoms. The van der Waals surface area contributed by atoms with Crippen molar-refractivity contribution < 1.29 is 0 Å². The normalized spacial score (nSPS) is 10.4. The number of benzene rings is 1. The van der Waals surface area contributed by atoms with Crippen LogP contribution >= 0.6 is 23.5 Å². The first-order chi connectivity index (χ1) is 7.83. The molecule has 0 unspecified atom stereocenters. The molecular formula is C13H13NS2. The van der Waals surface area contributed by atoms with Crippen LogP contribution in [0.15, 0.2) is 52.5 Å². The highest BCUT2D eigenvalue weighted by molar-refractivity contribution is 7.99. The van der Waals surface area contributed by atoms with Crippen molar-refractivity contribution in [2.75, 3.05) is 12.5 Å². The minimum Gasteiger partial charge on any atom is -0.235 e. The number of pyridine rings is 1. The first-order valence-corrected chi connectivity index (χ1v) is 7.44. The van der Waals surface area contributed by atoms with Crippen molar-refractivity contribution in [2.24, 2.45) is 0 Å². The van der Waals surface area contributed by atoms with E-state index in [1.807, 2.05) is 6.07 Å². The molecule has 1 aromatic carbocycles. The lowest BCUT2D eigenvalue weighted by atomic mass is 10.1. The highest BCUT2D eigenvalue weighted by Gasteiger charge is 2.03. The van der Waals surface area contributed by atoms with E-state index in [0.717, 1.165) is 10.1 Å². The summed E-state index contributed by atoms with van der Waals surface area (Å²) in [6.07, 6.45) is 4.11. The van der Waals surface area contributed by atoms with Crippen LogP contribution in [0.1, 0.15) is 0 Å². The Morgan fingerprint density at radius 3 is 1.88 bits per heavy atom. The first kappa shape index (κ1) is 11.6. The zero-order chi connectivity index (χ0) is 11.4. The van der Waals surface area contributed by atoms with Crippen LogP contribution in [0.4, 0.5) is 0 Å². The average Bonchev–Trinajstić information content (AvgIpc) is 2.39. The lowest BCUT2D eigenvalue weighted by molar-refractivity contribution is 1.01. The summed E-state index contributed by atoms with van der Waals surface area (Å²) in [5, 5.41) is 2.15. The van der Waals surface area contributed by atoms with E-state index in [4.69, 9.17) is 0 Å². The fourth-order valence-electron chi connectivity index (χ4n) is 1.49. The van der Waals surface area contributed by atoms with Crippen LogP contribution in [-0.2, 0) is 0 Å². The van der Waals surface area contributed by atoms with Gasteiger partial charge in [-0.3, -0.25) is 0 Å². The molecule has 0 amide bonds. The lowest BCUT2D eigenvalue weighted by Gasteiger charge is -2.06. The van der Waals surface area contributed by atoms with E-state index in [0.29, 0.717) is 0 Å². The van der Waals surface area contributed by atoms with Gasteiger partial charge in [-0.15, -0.1) is 23.5 Å². The standard InChI is InChI=1S/C13H13NS2/c1-15-12-8-11(9-13(14-12)16-2)10-6-4-3-5-7-10/h3-9H,1-2H3. The molecule has 1 nitrogen and oxygen atoms in total. The maximum Gasteiger partial charge on any atom is 0.0977 e. The van der Waals surface area contributed by atoms with E-state index in [-0.39, 0.29) is 0 Å². The van der Waals surface area contributed by atoms with Crippen LogP contribution in [0.2, 0.25) is 0 Å². The first-order valence-electron chi connectivity index (χ1n) is 4.99. The predicted molar refractivity (Wildman–Crippen MR) is 73.2 cm³/mol. The molecule has 2 aromatic rings. The molecule has 2 rings (SSSR count). The number of aromatic nitrogens is 1. The summed E-state index contributed by atoms with van der Waals surface area (Å²) in [7, 11) is 0. The van der Waals surface area contributed by atoms with Gasteiger partial charge in [0.25, 0.3) is 0 Å². The van der Waals surface area contributed by atoms with Gasteiger partial charge < -0.3 is 0 Å². The fourth-order valence-corrected chi connectivity index (χ4v) is 2.41. The summed E-state index contributed by atoms with van der Waals surface area (Å²) in [6.45, 7) is 0. The van der Waals surface area contributed by atoms with Crippen molar-refractivity contribution in [1.82, 2.24) is 4.98 Å². The van der Waals surface area contributed by atoms with Crippen LogP contribution in [0.25, 0.3) is 11.1 Å². The largest absolute Gasteiger partial charge is 0.235 e. The predicted octanol–water partition coefficient (Wildman–Crippen LogP) is 4.19. The number of rotatable bonds is 3. The molecule has 0 saturated carbocycles. The van der Waals surface area contributed by atoms with E-state index in [1.54, 1.807) is 23.5 Å². The average molecular weight is 247 g/mol. The Hall–Kier alpha value is -0.930. The molecule has 0 radical (unpaired) electrons. The monoisotopic (exact) mass is 247 g/mol. The van der Waals surface area contributed by atoms with Gasteiger partial charge in [-0.25, -0.2) is 4.98 Å². The number of hydrogen-bond donors (Lipinski definition) is 0. The highest BCUT2D eigenvalue weighted by Crippen LogP contribution is 2.27. The van der Waals surface area contributed by atoms with Gasteiger partial charge in [-0.2, -0.15) is 0 Å². The summed E-state index contributed by atoms with van der Waals surface area (Å²) in [4.78, 5) is 4.52. The molecule has 0 atom stereocenters. The second kappa shape index (κ2) is 5.41. The van der Waals surface area contributed by atoms with Crippen LogP contribution in [0.3, 0.4) is 0 Å². The Kier molecular flexibility index (Phi) is 3.91. The zero-order valence-corrected chi connectivity index (χ0v) is 10.9. The molecule has 82 valence electrons. The molecule has 0 bridgehead atoms. The van der Waals surface area contributed by atoms with E-state index in [1.165, 1.54) is 11.1 Å². The van der Waals surface area contributed by atoms with E-state index in [9.17, 15) is 0 Å². The molecule has 0 aliphatic heterocycles. The summed E-state index contributed by atoms with van der Waals surface area (Å²) in [6, 6.07) is 14.7. The topological polar surface area (TPSA) is 12.9 Å². The Balaban J connectivity index is 2.48. The van der Waals surface area contributed by atoms with Gasteiger partial charge in [-0.1, -0.05) is 30.3 Å². The molecule has 3 heteroatoms. The van der Waals surface area contributed by atoms with Gasteiger partial charge in [0.1, 0.15) is 0 Å². The van der Waals surface area contributed by atoms with Gasteiger partial charge in [0, 0.05) is 0 Å². The van der Waals surface area contributed by atoms with Gasteiger partial charge in [0.15, 0.2) is 0 Å². The highest BCUT2D eigenvalue weighted by atomic mass is 32.2. The molecule has 0 saturated heterocycles. The van der Waals surface area contributed by atoms with E-state index in [2.05, 4.69) is 53.9 Å². The quantitative estimate of drug-likeness (QED) is 0.755. The molecule has 0 spiro atoms. The van der Waals surface area contributed by atoms with Crippen molar-refractivity contribution in [1.29, 1.82) is 0 Å².